The molecule has 2 aliphatic heterocycles. The van der Waals surface area contributed by atoms with Gasteiger partial charge in [0.15, 0.2) is 6.29 Å². The maximum Gasteiger partial charge on any atom is 0.276 e. The van der Waals surface area contributed by atoms with Crippen LogP contribution in [0.1, 0.15) is 80.8 Å². The van der Waals surface area contributed by atoms with Crippen LogP contribution in [0.5, 0.6) is 0 Å². The number of aryl methyl sites for hydroxylation is 1. The minimum atomic E-state index is -0.696. The van der Waals surface area contributed by atoms with Crippen LogP contribution in [-0.2, 0) is 20.0 Å². The molecule has 2 spiro atoms. The average molecular weight is 706 g/mol. The van der Waals surface area contributed by atoms with E-state index in [1.165, 1.54) is 6.33 Å². The summed E-state index contributed by atoms with van der Waals surface area (Å²) in [6, 6.07) is 2.95. The number of aromatic nitrogens is 3. The van der Waals surface area contributed by atoms with E-state index in [4.69, 9.17) is 0 Å². The minimum absolute atomic E-state index is 0.129. The lowest BCUT2D eigenvalue weighted by molar-refractivity contribution is -0.131. The van der Waals surface area contributed by atoms with Crippen LogP contribution in [0, 0.1) is 12.8 Å². The molecule has 1 saturated heterocycles. The van der Waals surface area contributed by atoms with Gasteiger partial charge in [-0.15, -0.1) is 0 Å². The van der Waals surface area contributed by atoms with Gasteiger partial charge in [-0.3, -0.25) is 28.5 Å². The van der Waals surface area contributed by atoms with Crippen molar-refractivity contribution in [3.63, 3.8) is 0 Å². The molecule has 2 aromatic rings. The zero-order chi connectivity index (χ0) is 33.2. The molecule has 4 heterocycles. The van der Waals surface area contributed by atoms with Gasteiger partial charge in [-0.1, -0.05) is 0 Å². The second-order valence-electron chi connectivity index (χ2n) is 13.3. The largest absolute Gasteiger partial charge is 0.347 e. The van der Waals surface area contributed by atoms with Gasteiger partial charge in [-0.2, -0.15) is 0 Å². The quantitative estimate of drug-likeness (QED) is 0.288. The third-order valence-electron chi connectivity index (χ3n) is 10.5. The van der Waals surface area contributed by atoms with Crippen LogP contribution in [0.25, 0.3) is 0 Å². The Hall–Kier alpha value is -4.33. The second-order valence-corrected chi connectivity index (χ2v) is 14.3. The van der Waals surface area contributed by atoms with E-state index in [2.05, 4.69) is 41.8 Å². The number of nitrogens with one attached hydrogen (secondary N) is 3. The molecule has 0 radical (unpaired) electrons. The maximum absolute atomic E-state index is 13.9. The SMILES string of the molecule is CC(/C=C(/Br)C=O)=C1\C(=O)N(C2CC2C(=O)Nc2cc(Nc3cc(C)c4n(c3=O)C3(CCCC3)NC4=O)ncn2)C2(CCCC2)N1C. The summed E-state index contributed by atoms with van der Waals surface area (Å²) < 4.78 is 1.96. The van der Waals surface area contributed by atoms with Gasteiger partial charge < -0.3 is 25.8 Å². The van der Waals surface area contributed by atoms with Crippen LogP contribution >= 0.6 is 15.9 Å². The zero-order valence-corrected chi connectivity index (χ0v) is 28.1. The van der Waals surface area contributed by atoms with Crippen molar-refractivity contribution >= 4 is 57.3 Å². The molecule has 2 aromatic heterocycles. The molecule has 0 aromatic carbocycles. The van der Waals surface area contributed by atoms with Gasteiger partial charge in [0, 0.05) is 19.2 Å². The molecule has 13 nitrogen and oxygen atoms in total. The summed E-state index contributed by atoms with van der Waals surface area (Å²) >= 11 is 3.23. The number of aldehydes is 1. The number of carbonyl (C=O) groups excluding carboxylic acids is 4. The first kappa shape index (κ1) is 31.3. The number of carbonyl (C=O) groups is 4. The maximum atomic E-state index is 13.9. The molecule has 246 valence electrons. The number of pyridine rings is 1. The van der Waals surface area contributed by atoms with Crippen molar-refractivity contribution in [3.8, 4) is 0 Å². The molecule has 2 unspecified atom stereocenters. The lowest BCUT2D eigenvalue weighted by Crippen LogP contribution is -2.52. The topological polar surface area (TPSA) is 159 Å². The van der Waals surface area contributed by atoms with Crippen molar-refractivity contribution in [2.24, 2.45) is 5.92 Å². The molecule has 7 rings (SSSR count). The number of nitrogens with zero attached hydrogens (tertiary/aromatic N) is 5. The lowest BCUT2D eigenvalue weighted by Gasteiger charge is -2.40. The molecule has 5 aliphatic rings. The Morgan fingerprint density at radius 2 is 1.74 bits per heavy atom. The fourth-order valence-corrected chi connectivity index (χ4v) is 8.64. The van der Waals surface area contributed by atoms with Gasteiger partial charge in [0.05, 0.1) is 10.4 Å². The minimum Gasteiger partial charge on any atom is -0.347 e. The number of rotatable bonds is 7. The number of allylic oxidation sites excluding steroid dienone is 3. The molecule has 0 bridgehead atoms. The molecule has 4 fully saturated rings. The van der Waals surface area contributed by atoms with Gasteiger partial charge in [0.2, 0.25) is 5.91 Å². The van der Waals surface area contributed by atoms with E-state index in [0.29, 0.717) is 58.4 Å². The van der Waals surface area contributed by atoms with Crippen LogP contribution in [0.4, 0.5) is 17.3 Å². The first-order chi connectivity index (χ1) is 22.5. The predicted octanol–water partition coefficient (Wildman–Crippen LogP) is 3.78. The first-order valence-electron chi connectivity index (χ1n) is 16.1. The van der Waals surface area contributed by atoms with Crippen molar-refractivity contribution in [1.82, 2.24) is 29.7 Å². The van der Waals surface area contributed by atoms with Crippen LogP contribution < -0.4 is 21.5 Å². The number of halogens is 1. The number of anilines is 3. The summed E-state index contributed by atoms with van der Waals surface area (Å²) in [4.78, 5) is 77.6. The zero-order valence-electron chi connectivity index (χ0n) is 26.6. The van der Waals surface area contributed by atoms with E-state index in [1.807, 2.05) is 23.8 Å². The summed E-state index contributed by atoms with van der Waals surface area (Å²) in [7, 11) is 1.92. The number of fused-ring (bicyclic) bond motifs is 2. The van der Waals surface area contributed by atoms with Crippen molar-refractivity contribution in [2.75, 3.05) is 17.7 Å². The Balaban J connectivity index is 1.09. The lowest BCUT2D eigenvalue weighted by atomic mass is 10.1. The Kier molecular flexibility index (Phi) is 7.60. The van der Waals surface area contributed by atoms with Gasteiger partial charge in [0.1, 0.15) is 46.4 Å². The van der Waals surface area contributed by atoms with E-state index < -0.39 is 17.2 Å². The molecule has 14 heteroatoms. The summed E-state index contributed by atoms with van der Waals surface area (Å²) in [5, 5.41) is 9.02. The van der Waals surface area contributed by atoms with E-state index in [9.17, 15) is 24.0 Å². The van der Waals surface area contributed by atoms with Gasteiger partial charge in [-0.25, -0.2) is 9.97 Å². The number of likely N-dealkylation sites (N-methyl/N-ethyl adjacent to an activating group) is 1. The predicted molar refractivity (Wildman–Crippen MR) is 177 cm³/mol. The Morgan fingerprint density at radius 3 is 2.45 bits per heavy atom. The fourth-order valence-electron chi connectivity index (χ4n) is 8.29. The number of hydrogen-bond acceptors (Lipinski definition) is 9. The van der Waals surface area contributed by atoms with E-state index >= 15 is 0 Å². The highest BCUT2D eigenvalue weighted by atomic mass is 79.9. The normalized spacial score (nSPS) is 25.0. The van der Waals surface area contributed by atoms with Crippen LogP contribution in [-0.4, -0.2) is 67.1 Å². The molecule has 2 atom stereocenters. The summed E-state index contributed by atoms with van der Waals surface area (Å²) in [5.74, 6) is -0.438. The van der Waals surface area contributed by atoms with Crippen molar-refractivity contribution in [3.05, 3.63) is 61.9 Å². The van der Waals surface area contributed by atoms with Crippen molar-refractivity contribution in [1.29, 1.82) is 0 Å². The standard InChI is InChI=1S/C33H37BrN8O5/c1-18(12-20(34)16-43)27-31(47)41(33(40(27)3)10-6-7-11-33)23-14-21(23)28(44)38-25-15-24(35-17-36-25)37-22-13-19(2)26-29(45)39-32(8-4-5-9-32)42(26)30(22)46/h12-13,15-17,21,23H,4-11,14H2,1-3H3,(H,39,45)(H2,35,36,37,38,44)/b20-12+,27-18-. The molecule has 3 aliphatic carbocycles. The average Bonchev–Trinajstić information content (AvgIpc) is 3.31. The van der Waals surface area contributed by atoms with E-state index in [1.54, 1.807) is 29.7 Å². The molecule has 3 N–H and O–H groups in total. The third kappa shape index (κ3) is 4.99. The van der Waals surface area contributed by atoms with Crippen molar-refractivity contribution < 1.29 is 19.2 Å². The highest BCUT2D eigenvalue weighted by Gasteiger charge is 2.62. The number of amides is 3. The molecule has 3 saturated carbocycles. The number of hydrogen-bond donors (Lipinski definition) is 3. The molecule has 3 amide bonds. The van der Waals surface area contributed by atoms with Crippen LogP contribution in [0.2, 0.25) is 0 Å². The van der Waals surface area contributed by atoms with E-state index in [-0.39, 0.29) is 40.8 Å². The van der Waals surface area contributed by atoms with Crippen LogP contribution in [0.15, 0.2) is 45.1 Å². The van der Waals surface area contributed by atoms with Crippen LogP contribution in [0.3, 0.4) is 0 Å². The van der Waals surface area contributed by atoms with Gasteiger partial charge in [0.25, 0.3) is 17.4 Å². The molecular weight excluding hydrogens is 668 g/mol. The Labute approximate surface area is 280 Å². The summed E-state index contributed by atoms with van der Waals surface area (Å²) in [6.07, 6.45) is 11.0. The Morgan fingerprint density at radius 1 is 1.06 bits per heavy atom. The second kappa shape index (κ2) is 11.4. The van der Waals surface area contributed by atoms with E-state index in [0.717, 1.165) is 38.5 Å². The highest BCUT2D eigenvalue weighted by Crippen LogP contribution is 2.52. The first-order valence-corrected chi connectivity index (χ1v) is 16.9. The Bertz CT molecular complexity index is 1840. The summed E-state index contributed by atoms with van der Waals surface area (Å²) in [6.45, 7) is 3.63. The third-order valence-corrected chi connectivity index (χ3v) is 10.9. The van der Waals surface area contributed by atoms with Gasteiger partial charge >= 0.3 is 0 Å². The fraction of sp³-hybridized carbons (Fsp3) is 0.485. The molecular formula is C33H37BrN8O5. The smallest absolute Gasteiger partial charge is 0.276 e. The highest BCUT2D eigenvalue weighted by molar-refractivity contribution is 9.12. The molecule has 47 heavy (non-hydrogen) atoms. The van der Waals surface area contributed by atoms with Gasteiger partial charge in [-0.05, 0) is 111 Å². The van der Waals surface area contributed by atoms with Crippen molar-refractivity contribution in [2.45, 2.75) is 89.0 Å². The monoisotopic (exact) mass is 704 g/mol. The summed E-state index contributed by atoms with van der Waals surface area (Å²) in [5.41, 5.74) is 1.07.